The Morgan fingerprint density at radius 2 is 1.43 bits per heavy atom. The van der Waals surface area contributed by atoms with Crippen LogP contribution in [0.15, 0.2) is 12.2 Å². The molecule has 10 atom stereocenters. The molecular weight excluding hydrogens is 512 g/mol. The molecule has 0 bridgehead atoms. The lowest BCUT2D eigenvalue weighted by Crippen LogP contribution is -2.66. The maximum atomic E-state index is 13.0. The van der Waals surface area contributed by atoms with Crippen LogP contribution in [0.3, 0.4) is 0 Å². The van der Waals surface area contributed by atoms with E-state index in [0.717, 1.165) is 36.5 Å². The molecule has 10 unspecified atom stereocenters. The van der Waals surface area contributed by atoms with Crippen molar-refractivity contribution in [3.05, 3.63) is 12.2 Å². The summed E-state index contributed by atoms with van der Waals surface area (Å²) >= 11 is 0. The second-order valence-corrected chi connectivity index (χ2v) is 18.0. The number of hydrogen-bond donors (Lipinski definition) is 0. The normalized spacial score (nSPS) is 45.7. The fourth-order valence-electron chi connectivity index (χ4n) is 13.1. The molecule has 42 heavy (non-hydrogen) atoms. The van der Waals surface area contributed by atoms with Gasteiger partial charge in [0.1, 0.15) is 6.10 Å². The third-order valence-electron chi connectivity index (χ3n) is 15.7. The molecule has 0 spiro atoms. The van der Waals surface area contributed by atoms with E-state index in [-0.39, 0.29) is 17.5 Å². The first-order chi connectivity index (χ1) is 19.7. The van der Waals surface area contributed by atoms with Crippen molar-refractivity contribution in [2.24, 2.45) is 56.7 Å². The van der Waals surface area contributed by atoms with Gasteiger partial charge in [-0.05, 0) is 129 Å². The van der Waals surface area contributed by atoms with E-state index >= 15 is 0 Å². The van der Waals surface area contributed by atoms with Gasteiger partial charge in [-0.25, -0.2) is 0 Å². The minimum Gasteiger partial charge on any atom is -0.462 e. The number of esters is 1. The van der Waals surface area contributed by atoms with Gasteiger partial charge in [-0.2, -0.15) is 0 Å². The molecule has 5 rings (SSSR count). The van der Waals surface area contributed by atoms with Gasteiger partial charge in [0, 0.05) is 11.8 Å². The second-order valence-electron chi connectivity index (χ2n) is 18.0. The second kappa shape index (κ2) is 11.9. The Balaban J connectivity index is 1.27. The molecule has 5 aliphatic carbocycles. The number of carbonyl (C=O) groups excluding carboxylic acids is 1. The maximum Gasteiger partial charge on any atom is 0.306 e. The molecule has 0 heterocycles. The molecule has 5 aliphatic rings. The van der Waals surface area contributed by atoms with Crippen LogP contribution in [-0.2, 0) is 9.53 Å². The van der Waals surface area contributed by atoms with Gasteiger partial charge in [0.25, 0.3) is 0 Å². The smallest absolute Gasteiger partial charge is 0.306 e. The van der Waals surface area contributed by atoms with Crippen molar-refractivity contribution in [3.63, 3.8) is 0 Å². The van der Waals surface area contributed by atoms with E-state index in [9.17, 15) is 4.79 Å². The zero-order valence-corrected chi connectivity index (χ0v) is 29.2. The van der Waals surface area contributed by atoms with Crippen molar-refractivity contribution in [2.75, 3.05) is 0 Å². The van der Waals surface area contributed by atoms with Crippen molar-refractivity contribution < 1.29 is 9.53 Å². The van der Waals surface area contributed by atoms with Gasteiger partial charge in [-0.3, -0.25) is 4.79 Å². The monoisotopic (exact) mass is 581 g/mol. The highest BCUT2D eigenvalue weighted by atomic mass is 16.5. The molecule has 2 nitrogen and oxygen atoms in total. The zero-order valence-electron chi connectivity index (χ0n) is 29.2. The highest BCUT2D eigenvalue weighted by Gasteiger charge is 2.70. The average Bonchev–Trinajstić information content (AvgIpc) is 3.28. The third-order valence-corrected chi connectivity index (χ3v) is 15.7. The first-order valence-corrected chi connectivity index (χ1v) is 18.6. The summed E-state index contributed by atoms with van der Waals surface area (Å²) in [5, 5.41) is 0. The van der Waals surface area contributed by atoms with Gasteiger partial charge in [0.05, 0.1) is 0 Å². The summed E-state index contributed by atoms with van der Waals surface area (Å²) in [5.41, 5.74) is 3.20. The highest BCUT2D eigenvalue weighted by Crippen LogP contribution is 2.77. The fourth-order valence-corrected chi connectivity index (χ4v) is 13.1. The maximum absolute atomic E-state index is 13.0. The Labute approximate surface area is 261 Å². The summed E-state index contributed by atoms with van der Waals surface area (Å²) in [5.74, 6) is 3.89. The Morgan fingerprint density at radius 3 is 2.12 bits per heavy atom. The van der Waals surface area contributed by atoms with Crippen molar-refractivity contribution >= 4 is 5.97 Å². The van der Waals surface area contributed by atoms with E-state index < -0.39 is 0 Å². The molecule has 0 N–H and O–H groups in total. The van der Waals surface area contributed by atoms with E-state index in [4.69, 9.17) is 4.74 Å². The quantitative estimate of drug-likeness (QED) is 0.146. The van der Waals surface area contributed by atoms with Gasteiger partial charge in [-0.1, -0.05) is 99.1 Å². The van der Waals surface area contributed by atoms with Crippen LogP contribution in [0.5, 0.6) is 0 Å². The number of ether oxygens (including phenoxy) is 1. The molecular formula is C40H68O2. The number of allylic oxidation sites excluding steroid dienone is 1. The molecule has 2 heteroatoms. The van der Waals surface area contributed by atoms with Crippen molar-refractivity contribution in [1.29, 1.82) is 0 Å². The third kappa shape index (κ3) is 5.17. The van der Waals surface area contributed by atoms with Crippen LogP contribution < -0.4 is 0 Å². The standard InChI is InChI=1S/C40H68O2/c1-10-11-12-13-14-15-16-17-34(41)42-33-22-24-38(7)31(36(33,4)5)21-25-40(9)32(38)19-18-30-35-29(28(2)3)20-23-37(35,6)26-27-39(30,40)8/h29-33,35H,2,10-27H2,1,3-9H3. The Bertz CT molecular complexity index is 996. The Morgan fingerprint density at radius 1 is 0.738 bits per heavy atom. The summed E-state index contributed by atoms with van der Waals surface area (Å²) in [6.45, 7) is 24.9. The van der Waals surface area contributed by atoms with Crippen LogP contribution in [0.25, 0.3) is 0 Å². The largest absolute Gasteiger partial charge is 0.462 e. The molecule has 5 fully saturated rings. The van der Waals surface area contributed by atoms with Gasteiger partial charge in [-0.15, -0.1) is 0 Å². The summed E-state index contributed by atoms with van der Waals surface area (Å²) in [4.78, 5) is 13.0. The van der Waals surface area contributed by atoms with Crippen LogP contribution in [0, 0.1) is 56.7 Å². The van der Waals surface area contributed by atoms with Crippen molar-refractivity contribution in [2.45, 2.75) is 177 Å². The molecule has 5 saturated carbocycles. The lowest BCUT2D eigenvalue weighted by Gasteiger charge is -2.73. The molecule has 0 saturated heterocycles. The SMILES string of the molecule is C=C(C)C1CCC2(C)CCC3(C)C(CCC4C5(C)CCC(OC(=O)CCCCCCCCC)C(C)(C)C5CCC43C)C12. The van der Waals surface area contributed by atoms with Gasteiger partial charge in [0.15, 0.2) is 0 Å². The highest BCUT2D eigenvalue weighted by molar-refractivity contribution is 5.69. The minimum atomic E-state index is 0.0452. The fraction of sp³-hybridized carbons (Fsp3) is 0.925. The lowest BCUT2D eigenvalue weighted by atomic mass is 9.32. The molecule has 0 aromatic carbocycles. The van der Waals surface area contributed by atoms with Crippen molar-refractivity contribution in [3.8, 4) is 0 Å². The first-order valence-electron chi connectivity index (χ1n) is 18.6. The molecule has 0 aliphatic heterocycles. The first kappa shape index (κ1) is 32.6. The van der Waals surface area contributed by atoms with Crippen LogP contribution in [0.1, 0.15) is 171 Å². The number of hydrogen-bond acceptors (Lipinski definition) is 2. The van der Waals surface area contributed by atoms with Gasteiger partial charge >= 0.3 is 5.97 Å². The molecule has 240 valence electrons. The Kier molecular flexibility index (Phi) is 9.20. The van der Waals surface area contributed by atoms with Crippen LogP contribution in [0.2, 0.25) is 0 Å². The van der Waals surface area contributed by atoms with E-state index in [1.807, 2.05) is 0 Å². The number of fused-ring (bicyclic) bond motifs is 7. The van der Waals surface area contributed by atoms with Crippen LogP contribution in [-0.4, -0.2) is 12.1 Å². The number of unbranched alkanes of at least 4 members (excludes halogenated alkanes) is 6. The van der Waals surface area contributed by atoms with E-state index in [0.29, 0.717) is 34.0 Å². The lowest BCUT2D eigenvalue weighted by molar-refractivity contribution is -0.249. The summed E-state index contributed by atoms with van der Waals surface area (Å²) in [7, 11) is 0. The van der Waals surface area contributed by atoms with E-state index in [2.05, 4.69) is 62.0 Å². The molecule has 0 radical (unpaired) electrons. The topological polar surface area (TPSA) is 26.3 Å². The number of rotatable bonds is 10. The summed E-state index contributed by atoms with van der Waals surface area (Å²) in [6.07, 6.45) is 22.8. The van der Waals surface area contributed by atoms with Crippen LogP contribution in [0.4, 0.5) is 0 Å². The number of carbonyl (C=O) groups is 1. The van der Waals surface area contributed by atoms with Crippen molar-refractivity contribution in [1.82, 2.24) is 0 Å². The van der Waals surface area contributed by atoms with Crippen LogP contribution >= 0.6 is 0 Å². The van der Waals surface area contributed by atoms with Gasteiger partial charge < -0.3 is 4.74 Å². The van der Waals surface area contributed by atoms with E-state index in [1.165, 1.54) is 102 Å². The molecule has 0 aromatic rings. The summed E-state index contributed by atoms with van der Waals surface area (Å²) < 4.78 is 6.36. The predicted octanol–water partition coefficient (Wildman–Crippen LogP) is 11.7. The molecule has 0 aromatic heterocycles. The summed E-state index contributed by atoms with van der Waals surface area (Å²) in [6, 6.07) is 0. The predicted molar refractivity (Wildman–Crippen MR) is 177 cm³/mol. The molecule has 0 amide bonds. The Hall–Kier alpha value is -0.790. The van der Waals surface area contributed by atoms with E-state index in [1.54, 1.807) is 0 Å². The zero-order chi connectivity index (χ0) is 30.6. The van der Waals surface area contributed by atoms with Gasteiger partial charge in [0.2, 0.25) is 0 Å². The average molecular weight is 581 g/mol. The minimum absolute atomic E-state index is 0.0452.